The van der Waals surface area contributed by atoms with Gasteiger partial charge in [0.1, 0.15) is 0 Å². The number of nitrogens with one attached hydrogen (secondary N) is 1. The third-order valence-electron chi connectivity index (χ3n) is 2.85. The Hall–Kier alpha value is -1.65. The van der Waals surface area contributed by atoms with Crippen LogP contribution in [0.25, 0.3) is 0 Å². The molecule has 0 aliphatic rings. The van der Waals surface area contributed by atoms with Crippen molar-refractivity contribution in [3.63, 3.8) is 0 Å². The zero-order valence-corrected chi connectivity index (χ0v) is 10.0. The number of hydrogen-bond acceptors (Lipinski definition) is 3. The predicted molar refractivity (Wildman–Crippen MR) is 68.1 cm³/mol. The van der Waals surface area contributed by atoms with Crippen LogP contribution in [0.4, 0.5) is 0 Å². The molecule has 0 aliphatic carbocycles. The normalized spacial score (nSPS) is 12.6. The van der Waals surface area contributed by atoms with Crippen molar-refractivity contribution >= 4 is 0 Å². The summed E-state index contributed by atoms with van der Waals surface area (Å²) in [6.07, 6.45) is 4.81. The molecule has 0 saturated heterocycles. The van der Waals surface area contributed by atoms with Gasteiger partial charge in [0.15, 0.2) is 0 Å². The van der Waals surface area contributed by atoms with Gasteiger partial charge in [-0.25, -0.2) is 0 Å². The molecular formula is C13H18N4. The molecule has 0 radical (unpaired) electrons. The lowest BCUT2D eigenvalue weighted by Gasteiger charge is -2.15. The average Bonchev–Trinajstić information content (AvgIpc) is 2.84. The zero-order valence-electron chi connectivity index (χ0n) is 10.0. The topological polar surface area (TPSA) is 55.9 Å². The summed E-state index contributed by atoms with van der Waals surface area (Å²) in [5.74, 6) is 5.61. The Morgan fingerprint density at radius 1 is 1.35 bits per heavy atom. The molecule has 1 heterocycles. The molecule has 0 saturated carbocycles. The van der Waals surface area contributed by atoms with E-state index >= 15 is 0 Å². The number of aryl methyl sites for hydroxylation is 1. The Morgan fingerprint density at radius 3 is 2.71 bits per heavy atom. The number of aromatic nitrogens is 2. The van der Waals surface area contributed by atoms with E-state index in [-0.39, 0.29) is 6.04 Å². The van der Waals surface area contributed by atoms with Crippen LogP contribution >= 0.6 is 0 Å². The Balaban J connectivity index is 2.10. The molecule has 2 rings (SSSR count). The minimum Gasteiger partial charge on any atom is -0.273 e. The van der Waals surface area contributed by atoms with Crippen molar-refractivity contribution in [3.05, 3.63) is 53.9 Å². The van der Waals surface area contributed by atoms with Gasteiger partial charge in [-0.1, -0.05) is 30.3 Å². The van der Waals surface area contributed by atoms with E-state index in [0.717, 1.165) is 13.0 Å². The number of hydrogen-bond donors (Lipinski definition) is 2. The molecule has 90 valence electrons. The molecule has 0 bridgehead atoms. The van der Waals surface area contributed by atoms with Crippen LogP contribution < -0.4 is 11.3 Å². The van der Waals surface area contributed by atoms with E-state index in [2.05, 4.69) is 35.8 Å². The van der Waals surface area contributed by atoms with Gasteiger partial charge in [-0.15, -0.1) is 0 Å². The highest BCUT2D eigenvalue weighted by molar-refractivity contribution is 5.21. The summed E-state index contributed by atoms with van der Waals surface area (Å²) in [5.41, 5.74) is 5.24. The monoisotopic (exact) mass is 230 g/mol. The molecule has 1 atom stereocenters. The second-order valence-electron chi connectivity index (χ2n) is 4.04. The molecule has 4 nitrogen and oxygen atoms in total. The fourth-order valence-electron chi connectivity index (χ4n) is 1.88. The maximum atomic E-state index is 5.61. The number of hydrazine groups is 1. The van der Waals surface area contributed by atoms with E-state index in [1.807, 2.05) is 29.1 Å². The molecule has 0 aliphatic heterocycles. The Labute approximate surface area is 101 Å². The Kier molecular flexibility index (Phi) is 3.90. The van der Waals surface area contributed by atoms with Crippen LogP contribution in [0.5, 0.6) is 0 Å². The van der Waals surface area contributed by atoms with Gasteiger partial charge < -0.3 is 0 Å². The van der Waals surface area contributed by atoms with Crippen LogP contribution in [0, 0.1) is 0 Å². The van der Waals surface area contributed by atoms with Crippen LogP contribution in [0.3, 0.4) is 0 Å². The third kappa shape index (κ3) is 2.93. The van der Waals surface area contributed by atoms with Gasteiger partial charge in [-0.05, 0) is 24.5 Å². The van der Waals surface area contributed by atoms with Crippen LogP contribution in [0.1, 0.15) is 24.1 Å². The van der Waals surface area contributed by atoms with E-state index in [9.17, 15) is 0 Å². The minimum absolute atomic E-state index is 0.130. The maximum absolute atomic E-state index is 5.61. The zero-order chi connectivity index (χ0) is 12.1. The van der Waals surface area contributed by atoms with Gasteiger partial charge >= 0.3 is 0 Å². The second-order valence-corrected chi connectivity index (χ2v) is 4.04. The molecule has 4 heteroatoms. The van der Waals surface area contributed by atoms with Crippen molar-refractivity contribution in [2.75, 3.05) is 0 Å². The summed E-state index contributed by atoms with van der Waals surface area (Å²) in [7, 11) is 0. The van der Waals surface area contributed by atoms with Gasteiger partial charge in [0.25, 0.3) is 0 Å². The summed E-state index contributed by atoms with van der Waals surface area (Å²) >= 11 is 0. The first-order valence-electron chi connectivity index (χ1n) is 5.86. The second kappa shape index (κ2) is 5.61. The number of rotatable bonds is 5. The highest BCUT2D eigenvalue weighted by Gasteiger charge is 2.11. The summed E-state index contributed by atoms with van der Waals surface area (Å²) < 4.78 is 1.92. The van der Waals surface area contributed by atoms with Crippen LogP contribution in [0.2, 0.25) is 0 Å². The molecule has 0 spiro atoms. The maximum Gasteiger partial charge on any atom is 0.0522 e. The average molecular weight is 230 g/mol. The first kappa shape index (κ1) is 11.8. The van der Waals surface area contributed by atoms with Crippen molar-refractivity contribution in [2.24, 2.45) is 5.84 Å². The highest BCUT2D eigenvalue weighted by Crippen LogP contribution is 2.16. The van der Waals surface area contributed by atoms with Crippen molar-refractivity contribution < 1.29 is 0 Å². The molecular weight excluding hydrogens is 212 g/mol. The van der Waals surface area contributed by atoms with Crippen molar-refractivity contribution in [1.82, 2.24) is 15.2 Å². The van der Waals surface area contributed by atoms with Gasteiger partial charge in [0, 0.05) is 12.7 Å². The molecule has 1 aromatic carbocycles. The standard InChI is InChI=1S/C13H18N4/c1-2-17-10-11(9-15-17)8-13(16-14)12-6-4-3-5-7-12/h3-7,9-10,13,16H,2,8,14H2,1H3. The van der Waals surface area contributed by atoms with Gasteiger partial charge in [0.05, 0.1) is 12.2 Å². The molecule has 1 aromatic heterocycles. The van der Waals surface area contributed by atoms with Crippen LogP contribution in [0.15, 0.2) is 42.7 Å². The number of benzene rings is 1. The quantitative estimate of drug-likeness (QED) is 0.606. The lowest BCUT2D eigenvalue weighted by molar-refractivity contribution is 0.551. The first-order valence-corrected chi connectivity index (χ1v) is 5.86. The Morgan fingerprint density at radius 2 is 2.12 bits per heavy atom. The van der Waals surface area contributed by atoms with E-state index < -0.39 is 0 Å². The lowest BCUT2D eigenvalue weighted by Crippen LogP contribution is -2.29. The highest BCUT2D eigenvalue weighted by atomic mass is 15.3. The predicted octanol–water partition coefficient (Wildman–Crippen LogP) is 1.65. The smallest absolute Gasteiger partial charge is 0.0522 e. The summed E-state index contributed by atoms with van der Waals surface area (Å²) in [5, 5.41) is 4.26. The van der Waals surface area contributed by atoms with Gasteiger partial charge in [0.2, 0.25) is 0 Å². The van der Waals surface area contributed by atoms with Crippen LogP contribution in [-0.2, 0) is 13.0 Å². The third-order valence-corrected chi connectivity index (χ3v) is 2.85. The van der Waals surface area contributed by atoms with Gasteiger partial charge in [-0.3, -0.25) is 16.0 Å². The fraction of sp³-hybridized carbons (Fsp3) is 0.308. The molecule has 17 heavy (non-hydrogen) atoms. The Bertz CT molecular complexity index is 449. The summed E-state index contributed by atoms with van der Waals surface area (Å²) in [4.78, 5) is 0. The van der Waals surface area contributed by atoms with E-state index in [0.29, 0.717) is 0 Å². The van der Waals surface area contributed by atoms with Crippen molar-refractivity contribution in [2.45, 2.75) is 25.9 Å². The molecule has 1 unspecified atom stereocenters. The molecule has 0 amide bonds. The summed E-state index contributed by atoms with van der Waals surface area (Å²) in [6.45, 7) is 2.97. The SMILES string of the molecule is CCn1cc(CC(NN)c2ccccc2)cn1. The van der Waals surface area contributed by atoms with E-state index in [4.69, 9.17) is 5.84 Å². The molecule has 3 N–H and O–H groups in total. The molecule has 0 fully saturated rings. The van der Waals surface area contributed by atoms with E-state index in [1.165, 1.54) is 11.1 Å². The van der Waals surface area contributed by atoms with Crippen molar-refractivity contribution in [3.8, 4) is 0 Å². The number of nitrogens with zero attached hydrogens (tertiary/aromatic N) is 2. The molecule has 2 aromatic rings. The first-order chi connectivity index (χ1) is 8.33. The summed E-state index contributed by atoms with van der Waals surface area (Å²) in [6, 6.07) is 10.3. The largest absolute Gasteiger partial charge is 0.273 e. The van der Waals surface area contributed by atoms with E-state index in [1.54, 1.807) is 0 Å². The van der Waals surface area contributed by atoms with Crippen LogP contribution in [-0.4, -0.2) is 9.78 Å². The van der Waals surface area contributed by atoms with Gasteiger partial charge in [-0.2, -0.15) is 5.10 Å². The minimum atomic E-state index is 0.130. The van der Waals surface area contributed by atoms with Crippen molar-refractivity contribution in [1.29, 1.82) is 0 Å². The fourth-order valence-corrected chi connectivity index (χ4v) is 1.88. The lowest BCUT2D eigenvalue weighted by atomic mass is 10.0. The number of nitrogens with two attached hydrogens (primary N) is 1.